The van der Waals surface area contributed by atoms with Crippen molar-refractivity contribution in [3.8, 4) is 5.75 Å². The fourth-order valence-electron chi connectivity index (χ4n) is 4.61. The second-order valence-electron chi connectivity index (χ2n) is 9.93. The van der Waals surface area contributed by atoms with E-state index >= 15 is 0 Å². The molecule has 1 aromatic carbocycles. The second-order valence-corrected chi connectivity index (χ2v) is 13.0. The first-order valence-corrected chi connectivity index (χ1v) is 15.2. The maximum absolute atomic E-state index is 14.0. The summed E-state index contributed by atoms with van der Waals surface area (Å²) in [6.45, 7) is 2.81. The Morgan fingerprint density at radius 2 is 1.89 bits per heavy atom. The van der Waals surface area contributed by atoms with Gasteiger partial charge in [-0.1, -0.05) is 12.1 Å². The molecule has 0 N–H and O–H groups in total. The third-order valence-electron chi connectivity index (χ3n) is 7.00. The Bertz CT molecular complexity index is 1230. The first kappa shape index (κ1) is 28.3. The van der Waals surface area contributed by atoms with E-state index in [1.807, 2.05) is 48.2 Å². The van der Waals surface area contributed by atoms with Crippen molar-refractivity contribution in [2.45, 2.75) is 50.9 Å². The lowest BCUT2D eigenvalue weighted by atomic mass is 9.93. The van der Waals surface area contributed by atoms with E-state index in [2.05, 4.69) is 0 Å². The highest BCUT2D eigenvalue weighted by atomic mass is 33.1. The highest BCUT2D eigenvalue weighted by Gasteiger charge is 2.53. The van der Waals surface area contributed by atoms with Crippen molar-refractivity contribution in [3.05, 3.63) is 65.3 Å². The van der Waals surface area contributed by atoms with E-state index in [0.717, 1.165) is 64.8 Å². The zero-order valence-corrected chi connectivity index (χ0v) is 24.0. The van der Waals surface area contributed by atoms with Crippen molar-refractivity contribution in [1.29, 1.82) is 0 Å². The molecule has 0 spiro atoms. The summed E-state index contributed by atoms with van der Waals surface area (Å²) in [5, 5.41) is -0.306. The van der Waals surface area contributed by atoms with Gasteiger partial charge < -0.3 is 14.1 Å². The van der Waals surface area contributed by atoms with Gasteiger partial charge in [-0.25, -0.2) is 8.51 Å². The molecule has 1 unspecified atom stereocenters. The summed E-state index contributed by atoms with van der Waals surface area (Å²) in [5.74, 6) is 1.74. The first-order chi connectivity index (χ1) is 18.2. The van der Waals surface area contributed by atoms with Crippen molar-refractivity contribution >= 4 is 37.5 Å². The number of aliphatic imine (C=N–C) groups is 1. The average molecular weight is 558 g/mol. The Hall–Kier alpha value is -2.69. The fourth-order valence-corrected chi connectivity index (χ4v) is 6.26. The van der Waals surface area contributed by atoms with E-state index < -0.39 is 15.4 Å². The molecule has 10 heteroatoms. The molecule has 204 valence electrons. The van der Waals surface area contributed by atoms with E-state index in [0.29, 0.717) is 31.6 Å². The van der Waals surface area contributed by atoms with Crippen LogP contribution < -0.4 is 4.74 Å². The molecule has 2 aliphatic rings. The molecular weight excluding hydrogens is 522 g/mol. The smallest absolute Gasteiger partial charge is 0.251 e. The number of hydrogen-bond donors (Lipinski definition) is 0. The number of amides is 1. The Morgan fingerprint density at radius 1 is 1.16 bits per heavy atom. The Kier molecular flexibility index (Phi) is 9.27. The second kappa shape index (κ2) is 12.4. The maximum atomic E-state index is 14.0. The number of benzene rings is 1. The minimum absolute atomic E-state index is 0.0899. The van der Waals surface area contributed by atoms with E-state index in [4.69, 9.17) is 14.1 Å². The summed E-state index contributed by atoms with van der Waals surface area (Å²) in [6.07, 6.45) is 6.11. The summed E-state index contributed by atoms with van der Waals surface area (Å²) >= 11 is 0. The quantitative estimate of drug-likeness (QED) is 0.352. The van der Waals surface area contributed by atoms with Crippen LogP contribution in [0.2, 0.25) is 0 Å². The van der Waals surface area contributed by atoms with Crippen LogP contribution in [0.5, 0.6) is 5.75 Å². The summed E-state index contributed by atoms with van der Waals surface area (Å²) < 4.78 is 24.5. The fraction of sp³-hybridized carbons (Fsp3) is 0.464. The van der Waals surface area contributed by atoms with Gasteiger partial charge in [0, 0.05) is 43.6 Å². The van der Waals surface area contributed by atoms with Crippen LogP contribution in [0.3, 0.4) is 0 Å². The highest BCUT2D eigenvalue weighted by Crippen LogP contribution is 2.50. The zero-order chi connectivity index (χ0) is 27.3. The van der Waals surface area contributed by atoms with E-state index in [1.54, 1.807) is 27.5 Å². The number of ether oxygens (including phenoxy) is 1. The molecule has 1 saturated carbocycles. The van der Waals surface area contributed by atoms with Crippen LogP contribution in [-0.4, -0.2) is 64.4 Å². The molecule has 38 heavy (non-hydrogen) atoms. The van der Waals surface area contributed by atoms with Gasteiger partial charge >= 0.3 is 0 Å². The van der Waals surface area contributed by atoms with Gasteiger partial charge in [-0.3, -0.25) is 14.6 Å². The largest absolute Gasteiger partial charge is 0.497 e. The number of hydrogen-bond acceptors (Lipinski definition) is 7. The molecule has 8 nitrogen and oxygen atoms in total. The molecular formula is C28H35N3O5S2. The van der Waals surface area contributed by atoms with Gasteiger partial charge in [0.05, 0.1) is 25.3 Å². The van der Waals surface area contributed by atoms with Crippen molar-refractivity contribution in [3.63, 3.8) is 0 Å². The molecule has 1 atom stereocenters. The summed E-state index contributed by atoms with van der Waals surface area (Å²) in [7, 11) is 4.24. The Balaban J connectivity index is 1.54. The number of aryl methyl sites for hydroxylation is 1. The summed E-state index contributed by atoms with van der Waals surface area (Å²) in [4.78, 5) is 33.5. The third kappa shape index (κ3) is 6.65. The topological polar surface area (TPSA) is 92.4 Å². The Labute approximate surface area is 230 Å². The van der Waals surface area contributed by atoms with Crippen LogP contribution in [0, 0.1) is 0 Å². The lowest BCUT2D eigenvalue weighted by Gasteiger charge is -2.29. The van der Waals surface area contributed by atoms with Crippen LogP contribution in [-0.2, 0) is 31.4 Å². The predicted molar refractivity (Wildman–Crippen MR) is 151 cm³/mol. The highest BCUT2D eigenvalue weighted by molar-refractivity contribution is 8.74. The molecule has 1 aliphatic carbocycles. The average Bonchev–Trinajstić information content (AvgIpc) is 3.56. The molecule has 1 aromatic heterocycles. The molecule has 0 bridgehead atoms. The van der Waals surface area contributed by atoms with Crippen LogP contribution in [0.4, 0.5) is 0 Å². The molecule has 4 rings (SSSR count). The standard InChI is InChI=1S/C28H35N3O5S2/c1-20-9-12-22(29-25(20)26(32)37-38(34)30(2)3)19-31(17-5-7-24-8-6-18-36-24)27(33)28(15-16-28)21-10-13-23(35-4)14-11-21/h6,8,10-11,13-14,18H,5,7,9,12,15-17,19H2,1-4H3. The SMILES string of the molecule is COc1ccc(C2(C(=O)N(CCCc3ccco3)CC3=NC(C(=O)SS(=O)N(C)C)=C(C)CC3)CC2)cc1. The molecule has 1 amide bonds. The number of rotatable bonds is 12. The van der Waals surface area contributed by atoms with Crippen molar-refractivity contribution in [2.75, 3.05) is 34.3 Å². The number of nitrogens with zero attached hydrogens (tertiary/aromatic N) is 3. The van der Waals surface area contributed by atoms with Gasteiger partial charge in [-0.15, -0.1) is 0 Å². The number of methoxy groups -OCH3 is 1. The van der Waals surface area contributed by atoms with Crippen molar-refractivity contribution < 1.29 is 23.0 Å². The van der Waals surface area contributed by atoms with Crippen LogP contribution in [0.1, 0.15) is 50.4 Å². The Morgan fingerprint density at radius 3 is 2.50 bits per heavy atom. The van der Waals surface area contributed by atoms with Crippen LogP contribution in [0.15, 0.2) is 63.3 Å². The van der Waals surface area contributed by atoms with Gasteiger partial charge in [-0.05, 0) is 74.4 Å². The molecule has 2 aromatic rings. The van der Waals surface area contributed by atoms with Gasteiger partial charge in [0.15, 0.2) is 10.0 Å². The van der Waals surface area contributed by atoms with Crippen LogP contribution in [0.25, 0.3) is 0 Å². The third-order valence-corrected chi connectivity index (χ3v) is 9.85. The minimum Gasteiger partial charge on any atom is -0.497 e. The van der Waals surface area contributed by atoms with E-state index in [1.165, 1.54) is 4.31 Å². The van der Waals surface area contributed by atoms with Crippen LogP contribution >= 0.6 is 10.8 Å². The van der Waals surface area contributed by atoms with Gasteiger partial charge in [0.2, 0.25) is 5.91 Å². The molecule has 1 aliphatic heterocycles. The van der Waals surface area contributed by atoms with Gasteiger partial charge in [-0.2, -0.15) is 0 Å². The predicted octanol–water partition coefficient (Wildman–Crippen LogP) is 4.69. The summed E-state index contributed by atoms with van der Waals surface area (Å²) in [6, 6.07) is 11.6. The van der Waals surface area contributed by atoms with E-state index in [-0.39, 0.29) is 11.0 Å². The molecule has 0 saturated heterocycles. The summed E-state index contributed by atoms with van der Waals surface area (Å²) in [5.41, 5.74) is 2.50. The lowest BCUT2D eigenvalue weighted by molar-refractivity contribution is -0.133. The van der Waals surface area contributed by atoms with Gasteiger partial charge in [0.25, 0.3) is 5.12 Å². The monoisotopic (exact) mass is 557 g/mol. The minimum atomic E-state index is -1.48. The number of allylic oxidation sites excluding steroid dienone is 1. The zero-order valence-electron chi connectivity index (χ0n) is 22.4. The van der Waals surface area contributed by atoms with E-state index in [9.17, 15) is 13.8 Å². The number of furan rings is 1. The first-order valence-electron chi connectivity index (χ1n) is 12.8. The molecule has 2 heterocycles. The molecule has 1 fully saturated rings. The normalized spacial score (nSPS) is 17.2. The number of carbonyl (C=O) groups is 2. The van der Waals surface area contributed by atoms with Crippen molar-refractivity contribution in [2.24, 2.45) is 4.99 Å². The lowest BCUT2D eigenvalue weighted by Crippen LogP contribution is -2.43. The molecule has 0 radical (unpaired) electrons. The van der Waals surface area contributed by atoms with Gasteiger partial charge in [0.1, 0.15) is 17.2 Å². The number of carbonyl (C=O) groups excluding carboxylic acids is 2. The van der Waals surface area contributed by atoms with Crippen molar-refractivity contribution in [1.82, 2.24) is 9.21 Å². The maximum Gasteiger partial charge on any atom is 0.251 e.